The van der Waals surface area contributed by atoms with E-state index in [1.165, 1.54) is 5.39 Å². The van der Waals surface area contributed by atoms with Crippen molar-refractivity contribution >= 4 is 43.7 Å². The van der Waals surface area contributed by atoms with Crippen LogP contribution in [0.15, 0.2) is 167 Å². The zero-order chi connectivity index (χ0) is 35.6. The van der Waals surface area contributed by atoms with Crippen LogP contribution in [0.4, 0.5) is 0 Å². The molecule has 6 heteroatoms. The van der Waals surface area contributed by atoms with Gasteiger partial charge in [0.25, 0.3) is 0 Å². The summed E-state index contributed by atoms with van der Waals surface area (Å²) in [6.45, 7) is 0. The lowest BCUT2D eigenvalue weighted by Crippen LogP contribution is -2.19. The Kier molecular flexibility index (Phi) is 6.98. The van der Waals surface area contributed by atoms with Crippen LogP contribution in [0.2, 0.25) is 0 Å². The van der Waals surface area contributed by atoms with Gasteiger partial charge >= 0.3 is 5.69 Å². The average Bonchev–Trinajstić information content (AvgIpc) is 3.68. The molecule has 10 rings (SSSR count). The molecule has 0 radical (unpaired) electrons. The minimum atomic E-state index is -0.0351. The molecule has 0 fully saturated rings. The predicted molar refractivity (Wildman–Crippen MR) is 216 cm³/mol. The van der Waals surface area contributed by atoms with Crippen molar-refractivity contribution in [3.05, 3.63) is 168 Å². The Bertz CT molecular complexity index is 3100. The SMILES string of the molecule is Cn1c(=O)n(C)c2cc(-c3ccc(-c4cc(-c5ccccc5-c5ccc6oc7cc8ccccc8cc7c6c5)nc(-c5ccccc5)n4)cc3)ccc21. The van der Waals surface area contributed by atoms with Gasteiger partial charge in [0.2, 0.25) is 0 Å². The van der Waals surface area contributed by atoms with Gasteiger partial charge in [-0.2, -0.15) is 0 Å². The van der Waals surface area contributed by atoms with Crippen LogP contribution in [0.25, 0.3) is 99.9 Å². The fourth-order valence-corrected chi connectivity index (χ4v) is 7.56. The topological polar surface area (TPSA) is 65.8 Å². The van der Waals surface area contributed by atoms with E-state index in [9.17, 15) is 4.79 Å². The van der Waals surface area contributed by atoms with Crippen molar-refractivity contribution in [3.8, 4) is 56.2 Å². The molecule has 6 nitrogen and oxygen atoms in total. The standard InChI is InChI=1S/C47H32N4O2/c1-50-42-22-20-34(26-43(42)51(2)47(50)52)29-16-18-30(19-17-29)40-28-41(49-46(48-40)31-10-4-3-5-11-31)37-15-9-8-14-36(37)35-21-23-44-38(25-35)39-24-32-12-6-7-13-33(32)27-45(39)53-44/h3-28H,1-2H3. The molecule has 0 saturated carbocycles. The second kappa shape index (κ2) is 12.0. The first-order valence-corrected chi connectivity index (χ1v) is 17.6. The van der Waals surface area contributed by atoms with Crippen molar-refractivity contribution < 1.29 is 4.42 Å². The van der Waals surface area contributed by atoms with Gasteiger partial charge in [0, 0.05) is 41.6 Å². The summed E-state index contributed by atoms with van der Waals surface area (Å²) in [6, 6.07) is 54.4. The number of aryl methyl sites for hydroxylation is 2. The third-order valence-electron chi connectivity index (χ3n) is 10.4. The summed E-state index contributed by atoms with van der Waals surface area (Å²) in [5.41, 5.74) is 12.4. The van der Waals surface area contributed by atoms with Crippen molar-refractivity contribution in [2.45, 2.75) is 0 Å². The lowest BCUT2D eigenvalue weighted by atomic mass is 9.95. The summed E-state index contributed by atoms with van der Waals surface area (Å²) < 4.78 is 9.69. The van der Waals surface area contributed by atoms with Gasteiger partial charge in [-0.1, -0.05) is 115 Å². The van der Waals surface area contributed by atoms with Crippen LogP contribution in [-0.2, 0) is 14.1 Å². The van der Waals surface area contributed by atoms with Crippen LogP contribution < -0.4 is 5.69 Å². The molecule has 0 unspecified atom stereocenters. The summed E-state index contributed by atoms with van der Waals surface area (Å²) >= 11 is 0. The highest BCUT2D eigenvalue weighted by atomic mass is 16.3. The van der Waals surface area contributed by atoms with Crippen molar-refractivity contribution in [3.63, 3.8) is 0 Å². The minimum Gasteiger partial charge on any atom is -0.456 e. The zero-order valence-electron chi connectivity index (χ0n) is 29.1. The van der Waals surface area contributed by atoms with Crippen LogP contribution >= 0.6 is 0 Å². The molecule has 0 saturated heterocycles. The van der Waals surface area contributed by atoms with E-state index in [0.29, 0.717) is 5.82 Å². The number of hydrogen-bond donors (Lipinski definition) is 0. The van der Waals surface area contributed by atoms with Crippen molar-refractivity contribution in [1.29, 1.82) is 0 Å². The maximum atomic E-state index is 12.5. The molecular weight excluding hydrogens is 653 g/mol. The Morgan fingerprint density at radius 2 is 1.08 bits per heavy atom. The van der Waals surface area contributed by atoms with Gasteiger partial charge in [-0.15, -0.1) is 0 Å². The van der Waals surface area contributed by atoms with Crippen LogP contribution in [0.3, 0.4) is 0 Å². The summed E-state index contributed by atoms with van der Waals surface area (Å²) in [5, 5.41) is 4.53. The maximum Gasteiger partial charge on any atom is 0.328 e. The number of aromatic nitrogens is 4. The van der Waals surface area contributed by atoms with Gasteiger partial charge in [-0.25, -0.2) is 14.8 Å². The fraction of sp³-hybridized carbons (Fsp3) is 0.0426. The Morgan fingerprint density at radius 1 is 0.453 bits per heavy atom. The van der Waals surface area contributed by atoms with Gasteiger partial charge < -0.3 is 4.42 Å². The molecule has 7 aromatic carbocycles. The van der Waals surface area contributed by atoms with E-state index >= 15 is 0 Å². The number of imidazole rings is 1. The van der Waals surface area contributed by atoms with Crippen molar-refractivity contribution in [1.82, 2.24) is 19.1 Å². The van der Waals surface area contributed by atoms with Crippen LogP contribution in [0.1, 0.15) is 0 Å². The molecule has 10 aromatic rings. The second-order valence-electron chi connectivity index (χ2n) is 13.6. The highest BCUT2D eigenvalue weighted by Crippen LogP contribution is 2.39. The van der Waals surface area contributed by atoms with E-state index in [4.69, 9.17) is 14.4 Å². The molecule has 0 aliphatic rings. The first-order chi connectivity index (χ1) is 26.0. The highest BCUT2D eigenvalue weighted by Gasteiger charge is 2.17. The first kappa shape index (κ1) is 30.7. The minimum absolute atomic E-state index is 0.0351. The van der Waals surface area contributed by atoms with Crippen LogP contribution in [0.5, 0.6) is 0 Å². The smallest absolute Gasteiger partial charge is 0.328 e. The van der Waals surface area contributed by atoms with Gasteiger partial charge in [-0.3, -0.25) is 9.13 Å². The molecule has 0 amide bonds. The number of fused-ring (bicyclic) bond motifs is 5. The van der Waals surface area contributed by atoms with E-state index in [1.807, 2.05) is 43.4 Å². The monoisotopic (exact) mass is 684 g/mol. The third kappa shape index (κ3) is 5.15. The molecule has 3 aromatic heterocycles. The van der Waals surface area contributed by atoms with Gasteiger partial charge in [0.05, 0.1) is 22.4 Å². The van der Waals surface area contributed by atoms with Crippen LogP contribution in [0, 0.1) is 0 Å². The number of hydrogen-bond acceptors (Lipinski definition) is 4. The Balaban J connectivity index is 1.09. The molecule has 0 bridgehead atoms. The second-order valence-corrected chi connectivity index (χ2v) is 13.6. The van der Waals surface area contributed by atoms with E-state index < -0.39 is 0 Å². The molecule has 0 aliphatic heterocycles. The van der Waals surface area contributed by atoms with E-state index in [2.05, 4.69) is 121 Å². The maximum absolute atomic E-state index is 12.5. The Hall–Kier alpha value is -7.05. The first-order valence-electron chi connectivity index (χ1n) is 17.6. The molecule has 53 heavy (non-hydrogen) atoms. The summed E-state index contributed by atoms with van der Waals surface area (Å²) in [7, 11) is 3.62. The molecule has 0 atom stereocenters. The molecule has 3 heterocycles. The average molecular weight is 685 g/mol. The number of nitrogens with zero attached hydrogens (tertiary/aromatic N) is 4. The lowest BCUT2D eigenvalue weighted by Gasteiger charge is -2.13. The van der Waals surface area contributed by atoms with E-state index in [1.54, 1.807) is 16.2 Å². The molecule has 252 valence electrons. The number of furan rings is 1. The van der Waals surface area contributed by atoms with E-state index in [-0.39, 0.29) is 5.69 Å². The van der Waals surface area contributed by atoms with E-state index in [0.717, 1.165) is 88.7 Å². The highest BCUT2D eigenvalue weighted by molar-refractivity contribution is 6.11. The van der Waals surface area contributed by atoms with Crippen molar-refractivity contribution in [2.75, 3.05) is 0 Å². The summed E-state index contributed by atoms with van der Waals surface area (Å²) in [5.74, 6) is 0.663. The number of rotatable bonds is 5. The van der Waals surface area contributed by atoms with Gasteiger partial charge in [0.15, 0.2) is 5.82 Å². The summed E-state index contributed by atoms with van der Waals surface area (Å²) in [4.78, 5) is 22.8. The lowest BCUT2D eigenvalue weighted by molar-refractivity contribution is 0.669. The predicted octanol–water partition coefficient (Wildman–Crippen LogP) is 11.1. The number of benzene rings is 7. The van der Waals surface area contributed by atoms with Gasteiger partial charge in [-0.05, 0) is 75.5 Å². The Morgan fingerprint density at radius 3 is 1.89 bits per heavy atom. The summed E-state index contributed by atoms with van der Waals surface area (Å²) in [6.07, 6.45) is 0. The van der Waals surface area contributed by atoms with Gasteiger partial charge in [0.1, 0.15) is 11.2 Å². The largest absolute Gasteiger partial charge is 0.456 e. The molecular formula is C47H32N4O2. The third-order valence-corrected chi connectivity index (χ3v) is 10.4. The zero-order valence-corrected chi connectivity index (χ0v) is 29.1. The van der Waals surface area contributed by atoms with Crippen LogP contribution in [-0.4, -0.2) is 19.1 Å². The molecule has 0 aliphatic carbocycles. The quantitative estimate of drug-likeness (QED) is 0.181. The molecule has 0 N–H and O–H groups in total. The molecule has 0 spiro atoms. The van der Waals surface area contributed by atoms with Crippen molar-refractivity contribution in [2.24, 2.45) is 14.1 Å². The fourth-order valence-electron chi connectivity index (χ4n) is 7.56. The Labute approximate surface area is 304 Å². The normalized spacial score (nSPS) is 11.7.